The van der Waals surface area contributed by atoms with E-state index in [1.165, 1.54) is 0 Å². The molecule has 0 fully saturated rings. The van der Waals surface area contributed by atoms with Gasteiger partial charge in [-0.05, 0) is 13.8 Å². The molecule has 0 aliphatic heterocycles. The fourth-order valence-electron chi connectivity index (χ4n) is 0.775. The lowest BCUT2D eigenvalue weighted by Crippen LogP contribution is -2.25. The van der Waals surface area contributed by atoms with Crippen molar-refractivity contribution in [2.24, 2.45) is 5.73 Å². The summed E-state index contributed by atoms with van der Waals surface area (Å²) in [5.74, 6) is 0. The number of hydrogen-bond acceptors (Lipinski definition) is 4. The van der Waals surface area contributed by atoms with Crippen LogP contribution < -0.4 is 10.6 Å². The Morgan fingerprint density at radius 1 is 1.67 bits per heavy atom. The van der Waals surface area contributed by atoms with Crippen molar-refractivity contribution < 1.29 is 0 Å². The molecular formula is C8H15N3S. The highest BCUT2D eigenvalue weighted by Gasteiger charge is 2.08. The predicted molar refractivity (Wildman–Crippen MR) is 53.5 cm³/mol. The molecule has 4 heteroatoms. The van der Waals surface area contributed by atoms with Crippen LogP contribution in [0.15, 0.2) is 6.20 Å². The van der Waals surface area contributed by atoms with Crippen LogP contribution >= 0.6 is 11.3 Å². The van der Waals surface area contributed by atoms with Gasteiger partial charge in [-0.2, -0.15) is 0 Å². The molecule has 0 aliphatic carbocycles. The zero-order valence-corrected chi connectivity index (χ0v) is 8.56. The van der Waals surface area contributed by atoms with Crippen molar-refractivity contribution in [3.8, 4) is 0 Å². The second kappa shape index (κ2) is 3.87. The lowest BCUT2D eigenvalue weighted by atomic mass is 10.4. The summed E-state index contributed by atoms with van der Waals surface area (Å²) in [6.45, 7) is 4.87. The number of rotatable bonds is 3. The van der Waals surface area contributed by atoms with E-state index < -0.39 is 0 Å². The monoisotopic (exact) mass is 185 g/mol. The molecular weight excluding hydrogens is 170 g/mol. The molecule has 1 heterocycles. The number of hydrogen-bond donors (Lipinski definition) is 1. The first-order valence-corrected chi connectivity index (χ1v) is 4.84. The number of aromatic nitrogens is 1. The van der Waals surface area contributed by atoms with Gasteiger partial charge < -0.3 is 10.6 Å². The second-order valence-corrected chi connectivity index (χ2v) is 4.11. The van der Waals surface area contributed by atoms with Gasteiger partial charge in [0.05, 0.1) is 0 Å². The van der Waals surface area contributed by atoms with Gasteiger partial charge in [0, 0.05) is 30.7 Å². The summed E-state index contributed by atoms with van der Waals surface area (Å²) in [6, 6.07) is 0.488. The van der Waals surface area contributed by atoms with Crippen molar-refractivity contribution in [2.45, 2.75) is 26.4 Å². The molecule has 0 aromatic carbocycles. The topological polar surface area (TPSA) is 42.2 Å². The standard InChI is InChI=1S/C8H15N3S/c1-6(2)11(3)8-10-5-7(4-9)12-8/h5-6H,4,9H2,1-3H3. The number of nitrogens with zero attached hydrogens (tertiary/aromatic N) is 2. The van der Waals surface area contributed by atoms with Crippen LogP contribution in [0.2, 0.25) is 0 Å². The maximum absolute atomic E-state index is 5.49. The Morgan fingerprint density at radius 2 is 2.33 bits per heavy atom. The van der Waals surface area contributed by atoms with E-state index in [-0.39, 0.29) is 0 Å². The lowest BCUT2D eigenvalue weighted by Gasteiger charge is -2.19. The van der Waals surface area contributed by atoms with Crippen molar-refractivity contribution in [1.82, 2.24) is 4.98 Å². The molecule has 0 amide bonds. The van der Waals surface area contributed by atoms with Gasteiger partial charge in [0.25, 0.3) is 0 Å². The molecule has 0 aliphatic rings. The second-order valence-electron chi connectivity index (χ2n) is 3.02. The molecule has 0 saturated heterocycles. The van der Waals surface area contributed by atoms with Crippen LogP contribution in [0.3, 0.4) is 0 Å². The van der Waals surface area contributed by atoms with E-state index in [1.807, 2.05) is 13.2 Å². The van der Waals surface area contributed by atoms with E-state index in [0.29, 0.717) is 12.6 Å². The van der Waals surface area contributed by atoms with Crippen LogP contribution in [0.4, 0.5) is 5.13 Å². The van der Waals surface area contributed by atoms with Gasteiger partial charge >= 0.3 is 0 Å². The Kier molecular flexibility index (Phi) is 3.05. The fraction of sp³-hybridized carbons (Fsp3) is 0.625. The van der Waals surface area contributed by atoms with E-state index in [9.17, 15) is 0 Å². The third-order valence-electron chi connectivity index (χ3n) is 1.82. The molecule has 3 nitrogen and oxygen atoms in total. The summed E-state index contributed by atoms with van der Waals surface area (Å²) in [6.07, 6.45) is 1.85. The zero-order chi connectivity index (χ0) is 9.14. The van der Waals surface area contributed by atoms with Crippen molar-refractivity contribution in [3.05, 3.63) is 11.1 Å². The average molecular weight is 185 g/mol. The highest BCUT2D eigenvalue weighted by molar-refractivity contribution is 7.15. The van der Waals surface area contributed by atoms with Crippen molar-refractivity contribution in [2.75, 3.05) is 11.9 Å². The number of nitrogens with two attached hydrogens (primary N) is 1. The van der Waals surface area contributed by atoms with E-state index in [0.717, 1.165) is 10.0 Å². The molecule has 2 N–H and O–H groups in total. The molecule has 1 aromatic heterocycles. The van der Waals surface area contributed by atoms with Crippen molar-refractivity contribution >= 4 is 16.5 Å². The minimum Gasteiger partial charge on any atom is -0.349 e. The SMILES string of the molecule is CC(C)N(C)c1ncc(CN)s1. The Hall–Kier alpha value is -0.610. The Balaban J connectivity index is 2.74. The molecule has 12 heavy (non-hydrogen) atoms. The predicted octanol–water partition coefficient (Wildman–Crippen LogP) is 1.45. The zero-order valence-electron chi connectivity index (χ0n) is 7.74. The summed E-state index contributed by atoms with van der Waals surface area (Å²) < 4.78 is 0. The molecule has 0 bridgehead atoms. The molecule has 68 valence electrons. The molecule has 0 unspecified atom stereocenters. The maximum atomic E-state index is 5.49. The summed E-state index contributed by atoms with van der Waals surface area (Å²) in [5, 5.41) is 1.05. The fourth-order valence-corrected chi connectivity index (χ4v) is 1.66. The largest absolute Gasteiger partial charge is 0.349 e. The lowest BCUT2D eigenvalue weighted by molar-refractivity contribution is 0.751. The first kappa shape index (κ1) is 9.48. The van der Waals surface area contributed by atoms with Crippen molar-refractivity contribution in [1.29, 1.82) is 0 Å². The molecule has 1 rings (SSSR count). The van der Waals surface area contributed by atoms with Crippen molar-refractivity contribution in [3.63, 3.8) is 0 Å². The van der Waals surface area contributed by atoms with Gasteiger partial charge in [0.15, 0.2) is 5.13 Å². The average Bonchev–Trinajstić information content (AvgIpc) is 2.50. The Morgan fingerprint density at radius 3 is 2.75 bits per heavy atom. The van der Waals surface area contributed by atoms with Crippen LogP contribution in [-0.2, 0) is 6.54 Å². The molecule has 0 atom stereocenters. The maximum Gasteiger partial charge on any atom is 0.185 e. The molecule has 0 radical (unpaired) electrons. The van der Waals surface area contributed by atoms with E-state index in [1.54, 1.807) is 11.3 Å². The van der Waals surface area contributed by atoms with E-state index in [4.69, 9.17) is 5.73 Å². The smallest absolute Gasteiger partial charge is 0.185 e. The van der Waals surface area contributed by atoms with Crippen LogP contribution in [0.25, 0.3) is 0 Å². The molecule has 1 aromatic rings. The highest BCUT2D eigenvalue weighted by Crippen LogP contribution is 2.22. The van der Waals surface area contributed by atoms with Gasteiger partial charge in [-0.3, -0.25) is 0 Å². The van der Waals surface area contributed by atoms with Gasteiger partial charge in [0.2, 0.25) is 0 Å². The van der Waals surface area contributed by atoms with Gasteiger partial charge in [-0.1, -0.05) is 0 Å². The summed E-state index contributed by atoms with van der Waals surface area (Å²) >= 11 is 1.66. The summed E-state index contributed by atoms with van der Waals surface area (Å²) in [4.78, 5) is 7.55. The molecule has 0 spiro atoms. The third-order valence-corrected chi connectivity index (χ3v) is 2.93. The summed E-state index contributed by atoms with van der Waals surface area (Å²) in [5.41, 5.74) is 5.49. The molecule has 0 saturated carbocycles. The summed E-state index contributed by atoms with van der Waals surface area (Å²) in [7, 11) is 2.05. The Labute approximate surface area is 77.2 Å². The van der Waals surface area contributed by atoms with E-state index in [2.05, 4.69) is 23.7 Å². The van der Waals surface area contributed by atoms with Gasteiger partial charge in [-0.25, -0.2) is 4.98 Å². The van der Waals surface area contributed by atoms with Crippen LogP contribution in [0, 0.1) is 0 Å². The Bertz CT molecular complexity index is 244. The normalized spacial score (nSPS) is 10.8. The van der Waals surface area contributed by atoms with Crippen LogP contribution in [-0.4, -0.2) is 18.1 Å². The van der Waals surface area contributed by atoms with Gasteiger partial charge in [0.1, 0.15) is 0 Å². The third kappa shape index (κ3) is 1.95. The van der Waals surface area contributed by atoms with Gasteiger partial charge in [-0.15, -0.1) is 11.3 Å². The number of thiazole rings is 1. The first-order valence-electron chi connectivity index (χ1n) is 4.02. The first-order chi connectivity index (χ1) is 5.65. The minimum absolute atomic E-state index is 0.488. The minimum atomic E-state index is 0.488. The van der Waals surface area contributed by atoms with Crippen LogP contribution in [0.1, 0.15) is 18.7 Å². The quantitative estimate of drug-likeness (QED) is 0.775. The highest BCUT2D eigenvalue weighted by atomic mass is 32.1. The van der Waals surface area contributed by atoms with Crippen LogP contribution in [0.5, 0.6) is 0 Å². The number of anilines is 1. The van der Waals surface area contributed by atoms with E-state index >= 15 is 0 Å².